The van der Waals surface area contributed by atoms with Gasteiger partial charge in [-0.15, -0.1) is 0 Å². The molecule has 2 aromatic rings. The zero-order valence-corrected chi connectivity index (χ0v) is 10.0. The molecule has 1 heterocycles. The minimum atomic E-state index is -0.456. The van der Waals surface area contributed by atoms with Gasteiger partial charge in [-0.05, 0) is 31.2 Å². The molecule has 0 bridgehead atoms. The van der Waals surface area contributed by atoms with Crippen LogP contribution in [0.25, 0.3) is 11.4 Å². The predicted molar refractivity (Wildman–Crippen MR) is 65.1 cm³/mol. The minimum absolute atomic E-state index is 0.0573. The summed E-state index contributed by atoms with van der Waals surface area (Å²) in [7, 11) is 0. The first-order chi connectivity index (χ1) is 8.10. The molecule has 0 unspecified atom stereocenters. The van der Waals surface area contributed by atoms with E-state index in [0.29, 0.717) is 17.9 Å². The summed E-state index contributed by atoms with van der Waals surface area (Å²) in [6, 6.07) is 6.21. The van der Waals surface area contributed by atoms with Gasteiger partial charge < -0.3 is 5.73 Å². The van der Waals surface area contributed by atoms with Gasteiger partial charge in [0.05, 0.1) is 10.7 Å². The third kappa shape index (κ3) is 2.60. The van der Waals surface area contributed by atoms with Crippen molar-refractivity contribution in [3.05, 3.63) is 46.5 Å². The van der Waals surface area contributed by atoms with E-state index < -0.39 is 5.82 Å². The highest BCUT2D eigenvalue weighted by atomic mass is 35.5. The standard InChI is InChI=1S/C12H11ClFN3/c1-7-4-9(6-15)17-12(16-7)8-2-3-11(14)10(13)5-8/h2-5H,6,15H2,1H3. The number of rotatable bonds is 2. The van der Waals surface area contributed by atoms with E-state index >= 15 is 0 Å². The summed E-state index contributed by atoms with van der Waals surface area (Å²) in [4.78, 5) is 8.55. The normalized spacial score (nSPS) is 10.6. The summed E-state index contributed by atoms with van der Waals surface area (Å²) in [5, 5.41) is 0.0573. The van der Waals surface area contributed by atoms with Gasteiger partial charge in [-0.1, -0.05) is 11.6 Å². The van der Waals surface area contributed by atoms with E-state index in [1.54, 1.807) is 6.07 Å². The number of hydrogen-bond acceptors (Lipinski definition) is 3. The van der Waals surface area contributed by atoms with Gasteiger partial charge in [-0.25, -0.2) is 14.4 Å². The van der Waals surface area contributed by atoms with Gasteiger partial charge in [-0.3, -0.25) is 0 Å². The fourth-order valence-electron chi connectivity index (χ4n) is 1.50. The number of aromatic nitrogens is 2. The van der Waals surface area contributed by atoms with Gasteiger partial charge in [0.25, 0.3) is 0 Å². The van der Waals surface area contributed by atoms with Crippen LogP contribution < -0.4 is 5.73 Å². The Morgan fingerprint density at radius 1 is 1.29 bits per heavy atom. The molecule has 1 aromatic heterocycles. The van der Waals surface area contributed by atoms with Gasteiger partial charge in [0.15, 0.2) is 5.82 Å². The second-order valence-corrected chi connectivity index (χ2v) is 4.06. The first kappa shape index (κ1) is 12.0. The zero-order chi connectivity index (χ0) is 12.4. The number of nitrogens with zero attached hydrogens (tertiary/aromatic N) is 2. The monoisotopic (exact) mass is 251 g/mol. The van der Waals surface area contributed by atoms with E-state index in [0.717, 1.165) is 11.4 Å². The summed E-state index contributed by atoms with van der Waals surface area (Å²) in [5.41, 5.74) is 7.78. The molecule has 2 rings (SSSR count). The summed E-state index contributed by atoms with van der Waals surface area (Å²) in [5.74, 6) is 0.0504. The fraction of sp³-hybridized carbons (Fsp3) is 0.167. The largest absolute Gasteiger partial charge is 0.325 e. The van der Waals surface area contributed by atoms with E-state index in [4.69, 9.17) is 17.3 Å². The Labute approximate surface area is 103 Å². The van der Waals surface area contributed by atoms with Crippen LogP contribution in [0, 0.1) is 12.7 Å². The molecule has 0 saturated heterocycles. The number of nitrogens with two attached hydrogens (primary N) is 1. The molecule has 1 aromatic carbocycles. The molecule has 88 valence electrons. The fourth-order valence-corrected chi connectivity index (χ4v) is 1.68. The van der Waals surface area contributed by atoms with E-state index in [1.807, 2.05) is 13.0 Å². The quantitative estimate of drug-likeness (QED) is 0.893. The average Bonchev–Trinajstić information content (AvgIpc) is 2.32. The highest BCUT2D eigenvalue weighted by Crippen LogP contribution is 2.22. The summed E-state index contributed by atoms with van der Waals surface area (Å²) >= 11 is 5.72. The Morgan fingerprint density at radius 3 is 2.71 bits per heavy atom. The number of aryl methyl sites for hydroxylation is 1. The minimum Gasteiger partial charge on any atom is -0.325 e. The highest BCUT2D eigenvalue weighted by Gasteiger charge is 2.07. The molecular formula is C12H11ClFN3. The average molecular weight is 252 g/mol. The van der Waals surface area contributed by atoms with Crippen molar-refractivity contribution in [2.24, 2.45) is 5.73 Å². The van der Waals surface area contributed by atoms with Crippen LogP contribution in [0.15, 0.2) is 24.3 Å². The maximum atomic E-state index is 13.0. The van der Waals surface area contributed by atoms with Crippen molar-refractivity contribution < 1.29 is 4.39 Å². The van der Waals surface area contributed by atoms with Crippen LogP contribution in [0.5, 0.6) is 0 Å². The molecule has 0 spiro atoms. The molecule has 5 heteroatoms. The highest BCUT2D eigenvalue weighted by molar-refractivity contribution is 6.31. The maximum Gasteiger partial charge on any atom is 0.159 e. The molecule has 0 aliphatic carbocycles. The van der Waals surface area contributed by atoms with Crippen molar-refractivity contribution >= 4 is 11.6 Å². The lowest BCUT2D eigenvalue weighted by Gasteiger charge is -2.05. The van der Waals surface area contributed by atoms with Crippen LogP contribution in [0.3, 0.4) is 0 Å². The van der Waals surface area contributed by atoms with E-state index in [-0.39, 0.29) is 5.02 Å². The van der Waals surface area contributed by atoms with Crippen molar-refractivity contribution in [3.63, 3.8) is 0 Å². The smallest absolute Gasteiger partial charge is 0.159 e. The van der Waals surface area contributed by atoms with Gasteiger partial charge >= 0.3 is 0 Å². The van der Waals surface area contributed by atoms with Crippen molar-refractivity contribution in [3.8, 4) is 11.4 Å². The Bertz CT molecular complexity index is 557. The first-order valence-electron chi connectivity index (χ1n) is 5.10. The topological polar surface area (TPSA) is 51.8 Å². The van der Waals surface area contributed by atoms with Gasteiger partial charge in [0, 0.05) is 17.8 Å². The summed E-state index contributed by atoms with van der Waals surface area (Å²) in [6.07, 6.45) is 0. The van der Waals surface area contributed by atoms with Crippen molar-refractivity contribution in [2.45, 2.75) is 13.5 Å². The number of hydrogen-bond donors (Lipinski definition) is 1. The van der Waals surface area contributed by atoms with E-state index in [2.05, 4.69) is 9.97 Å². The number of benzene rings is 1. The number of halogens is 2. The second-order valence-electron chi connectivity index (χ2n) is 3.66. The van der Waals surface area contributed by atoms with Crippen LogP contribution in [0.2, 0.25) is 5.02 Å². The summed E-state index contributed by atoms with van der Waals surface area (Å²) in [6.45, 7) is 2.20. The maximum absolute atomic E-state index is 13.0. The van der Waals surface area contributed by atoms with Crippen LogP contribution in [0.4, 0.5) is 4.39 Å². The Kier molecular flexibility index (Phi) is 3.36. The van der Waals surface area contributed by atoms with Crippen LogP contribution in [-0.2, 0) is 6.54 Å². The lowest BCUT2D eigenvalue weighted by molar-refractivity contribution is 0.628. The Balaban J connectivity index is 2.52. The first-order valence-corrected chi connectivity index (χ1v) is 5.48. The van der Waals surface area contributed by atoms with Gasteiger partial charge in [0.2, 0.25) is 0 Å². The second kappa shape index (κ2) is 4.77. The molecule has 0 amide bonds. The third-order valence-electron chi connectivity index (χ3n) is 2.29. The molecule has 0 saturated carbocycles. The molecule has 0 radical (unpaired) electrons. The molecule has 17 heavy (non-hydrogen) atoms. The SMILES string of the molecule is Cc1cc(CN)nc(-c2ccc(F)c(Cl)c2)n1. The van der Waals surface area contributed by atoms with Crippen molar-refractivity contribution in [1.82, 2.24) is 9.97 Å². The lowest BCUT2D eigenvalue weighted by Crippen LogP contribution is -2.03. The molecule has 0 aliphatic heterocycles. The summed E-state index contributed by atoms with van der Waals surface area (Å²) < 4.78 is 13.0. The predicted octanol–water partition coefficient (Wildman–Crippen LogP) is 2.70. The Hall–Kier alpha value is -1.52. The Morgan fingerprint density at radius 2 is 2.06 bits per heavy atom. The molecule has 3 nitrogen and oxygen atoms in total. The van der Waals surface area contributed by atoms with Crippen LogP contribution in [-0.4, -0.2) is 9.97 Å². The zero-order valence-electron chi connectivity index (χ0n) is 9.24. The van der Waals surface area contributed by atoms with Crippen LogP contribution >= 0.6 is 11.6 Å². The molecule has 2 N–H and O–H groups in total. The lowest BCUT2D eigenvalue weighted by atomic mass is 10.2. The van der Waals surface area contributed by atoms with Gasteiger partial charge in [0.1, 0.15) is 5.82 Å². The van der Waals surface area contributed by atoms with Crippen molar-refractivity contribution in [1.29, 1.82) is 0 Å². The van der Waals surface area contributed by atoms with Gasteiger partial charge in [-0.2, -0.15) is 0 Å². The van der Waals surface area contributed by atoms with E-state index in [1.165, 1.54) is 12.1 Å². The third-order valence-corrected chi connectivity index (χ3v) is 2.58. The molecule has 0 atom stereocenters. The van der Waals surface area contributed by atoms with Crippen LogP contribution in [0.1, 0.15) is 11.4 Å². The molecule has 0 aliphatic rings. The molecule has 0 fully saturated rings. The van der Waals surface area contributed by atoms with Crippen molar-refractivity contribution in [2.75, 3.05) is 0 Å². The molecular weight excluding hydrogens is 241 g/mol. The van der Waals surface area contributed by atoms with E-state index in [9.17, 15) is 4.39 Å².